The van der Waals surface area contributed by atoms with Gasteiger partial charge in [0.05, 0.1) is 11.7 Å². The zero-order valence-electron chi connectivity index (χ0n) is 15.6. The van der Waals surface area contributed by atoms with Crippen molar-refractivity contribution >= 4 is 23.2 Å². The number of carboxylic acids is 1. The number of rotatable bonds is 7. The molecular formula is C19H24N2O4S. The summed E-state index contributed by atoms with van der Waals surface area (Å²) < 4.78 is 5.75. The quantitative estimate of drug-likeness (QED) is 0.765. The van der Waals surface area contributed by atoms with Crippen molar-refractivity contribution in [3.8, 4) is 5.75 Å². The van der Waals surface area contributed by atoms with Crippen LogP contribution >= 0.6 is 11.3 Å². The highest BCUT2D eigenvalue weighted by Crippen LogP contribution is 2.24. The van der Waals surface area contributed by atoms with E-state index in [1.807, 2.05) is 24.3 Å². The second-order valence-corrected chi connectivity index (χ2v) is 7.52. The number of nitrogens with one attached hydrogen (secondary N) is 1. The van der Waals surface area contributed by atoms with Crippen LogP contribution < -0.4 is 10.1 Å². The number of carbonyl (C=O) groups excluding carboxylic acids is 1. The van der Waals surface area contributed by atoms with E-state index >= 15 is 0 Å². The SMILES string of the molecule is Cc1nc(C(C)NC(=O)C(C)Oc2cccc(C(C)C)c2)sc1C(=O)O. The summed E-state index contributed by atoms with van der Waals surface area (Å²) in [6.45, 7) is 9.29. The van der Waals surface area contributed by atoms with Crippen LogP contribution in [0, 0.1) is 6.92 Å². The zero-order chi connectivity index (χ0) is 19.4. The highest BCUT2D eigenvalue weighted by Gasteiger charge is 2.22. The molecule has 0 spiro atoms. The van der Waals surface area contributed by atoms with E-state index in [0.717, 1.165) is 16.9 Å². The highest BCUT2D eigenvalue weighted by molar-refractivity contribution is 7.13. The van der Waals surface area contributed by atoms with Crippen LogP contribution in [0.2, 0.25) is 0 Å². The lowest BCUT2D eigenvalue weighted by Gasteiger charge is -2.18. The molecule has 26 heavy (non-hydrogen) atoms. The molecule has 2 rings (SSSR count). The molecule has 0 radical (unpaired) electrons. The Morgan fingerprint density at radius 1 is 1.23 bits per heavy atom. The average molecular weight is 376 g/mol. The number of thiazole rings is 1. The number of carboxylic acid groups (broad SMARTS) is 1. The van der Waals surface area contributed by atoms with Gasteiger partial charge < -0.3 is 15.2 Å². The van der Waals surface area contributed by atoms with E-state index in [1.54, 1.807) is 20.8 Å². The second-order valence-electron chi connectivity index (χ2n) is 6.49. The van der Waals surface area contributed by atoms with E-state index < -0.39 is 18.1 Å². The van der Waals surface area contributed by atoms with Crippen LogP contribution in [-0.4, -0.2) is 28.1 Å². The summed E-state index contributed by atoms with van der Waals surface area (Å²) in [4.78, 5) is 28.0. The zero-order valence-corrected chi connectivity index (χ0v) is 16.4. The fourth-order valence-electron chi connectivity index (χ4n) is 2.40. The van der Waals surface area contributed by atoms with E-state index in [1.165, 1.54) is 0 Å². The molecule has 2 N–H and O–H groups in total. The second kappa shape index (κ2) is 8.31. The van der Waals surface area contributed by atoms with Crippen LogP contribution in [0.5, 0.6) is 5.75 Å². The predicted octanol–water partition coefficient (Wildman–Crippen LogP) is 3.92. The van der Waals surface area contributed by atoms with Gasteiger partial charge in [-0.2, -0.15) is 0 Å². The first kappa shape index (κ1) is 19.9. The van der Waals surface area contributed by atoms with Crippen LogP contribution in [0.3, 0.4) is 0 Å². The smallest absolute Gasteiger partial charge is 0.347 e. The monoisotopic (exact) mass is 376 g/mol. The summed E-state index contributed by atoms with van der Waals surface area (Å²) in [5, 5.41) is 12.5. The molecule has 7 heteroatoms. The molecule has 0 saturated carbocycles. The normalized spacial score (nSPS) is 13.3. The largest absolute Gasteiger partial charge is 0.481 e. The van der Waals surface area contributed by atoms with Gasteiger partial charge in [0.15, 0.2) is 6.10 Å². The standard InChI is InChI=1S/C19H24N2O4S/c1-10(2)14-7-6-8-15(9-14)25-13(5)17(22)20-12(4)18-21-11(3)16(26-18)19(23)24/h6-10,12-13H,1-5H3,(H,20,22)(H,23,24). The first-order valence-corrected chi connectivity index (χ1v) is 9.28. The van der Waals surface area contributed by atoms with Crippen LogP contribution in [0.4, 0.5) is 0 Å². The van der Waals surface area contributed by atoms with Gasteiger partial charge in [0.25, 0.3) is 5.91 Å². The Kier molecular flexibility index (Phi) is 6.37. The summed E-state index contributed by atoms with van der Waals surface area (Å²) >= 11 is 1.07. The van der Waals surface area contributed by atoms with Gasteiger partial charge in [0.2, 0.25) is 0 Å². The number of hydrogen-bond acceptors (Lipinski definition) is 5. The van der Waals surface area contributed by atoms with E-state index in [9.17, 15) is 9.59 Å². The lowest BCUT2D eigenvalue weighted by molar-refractivity contribution is -0.127. The lowest BCUT2D eigenvalue weighted by atomic mass is 10.0. The number of aryl methyl sites for hydroxylation is 1. The molecule has 0 saturated heterocycles. The third kappa shape index (κ3) is 4.82. The molecule has 140 valence electrons. The topological polar surface area (TPSA) is 88.5 Å². The molecule has 2 aromatic rings. The maximum absolute atomic E-state index is 12.4. The van der Waals surface area contributed by atoms with Gasteiger partial charge in [-0.25, -0.2) is 9.78 Å². The first-order chi connectivity index (χ1) is 12.2. The fraction of sp³-hybridized carbons (Fsp3) is 0.421. The molecule has 0 fully saturated rings. The Bertz CT molecular complexity index is 801. The van der Waals surface area contributed by atoms with Gasteiger partial charge in [-0.1, -0.05) is 26.0 Å². The van der Waals surface area contributed by atoms with Gasteiger partial charge in [0.1, 0.15) is 15.6 Å². The summed E-state index contributed by atoms with van der Waals surface area (Å²) in [5.41, 5.74) is 1.59. The molecule has 1 heterocycles. The molecule has 0 aliphatic carbocycles. The third-order valence-electron chi connectivity index (χ3n) is 3.94. The number of benzene rings is 1. The molecule has 1 amide bonds. The molecule has 0 aliphatic heterocycles. The number of aromatic carboxylic acids is 1. The Morgan fingerprint density at radius 3 is 2.50 bits per heavy atom. The van der Waals surface area contributed by atoms with Crippen molar-refractivity contribution in [1.29, 1.82) is 0 Å². The van der Waals surface area contributed by atoms with Gasteiger partial charge in [-0.15, -0.1) is 11.3 Å². The van der Waals surface area contributed by atoms with Crippen molar-refractivity contribution in [3.63, 3.8) is 0 Å². The Labute approximate surface area is 157 Å². The molecular weight excluding hydrogens is 352 g/mol. The lowest BCUT2D eigenvalue weighted by Crippen LogP contribution is -2.37. The van der Waals surface area contributed by atoms with Crippen LogP contribution in [0.25, 0.3) is 0 Å². The van der Waals surface area contributed by atoms with Crippen molar-refractivity contribution < 1.29 is 19.4 Å². The van der Waals surface area contributed by atoms with Crippen LogP contribution in [-0.2, 0) is 4.79 Å². The Hall–Kier alpha value is -2.41. The molecule has 6 nitrogen and oxygen atoms in total. The van der Waals surface area contributed by atoms with E-state index in [2.05, 4.69) is 24.1 Å². The maximum atomic E-state index is 12.4. The van der Waals surface area contributed by atoms with Crippen molar-refractivity contribution in [2.24, 2.45) is 0 Å². The summed E-state index contributed by atoms with van der Waals surface area (Å²) in [5.74, 6) is -0.271. The number of nitrogens with zero attached hydrogens (tertiary/aromatic N) is 1. The van der Waals surface area contributed by atoms with E-state index in [0.29, 0.717) is 22.4 Å². The van der Waals surface area contributed by atoms with Gasteiger partial charge in [-0.3, -0.25) is 4.79 Å². The number of aromatic nitrogens is 1. The first-order valence-electron chi connectivity index (χ1n) is 8.46. The van der Waals surface area contributed by atoms with E-state index in [-0.39, 0.29) is 10.8 Å². The summed E-state index contributed by atoms with van der Waals surface area (Å²) in [6, 6.07) is 7.29. The number of amides is 1. The molecule has 0 bridgehead atoms. The van der Waals surface area contributed by atoms with Crippen molar-refractivity contribution in [2.75, 3.05) is 0 Å². The molecule has 2 unspecified atom stereocenters. The predicted molar refractivity (Wildman–Crippen MR) is 101 cm³/mol. The van der Waals surface area contributed by atoms with Crippen LogP contribution in [0.1, 0.15) is 65.6 Å². The Morgan fingerprint density at radius 2 is 1.92 bits per heavy atom. The average Bonchev–Trinajstić information content (AvgIpc) is 2.97. The number of hydrogen-bond donors (Lipinski definition) is 2. The summed E-state index contributed by atoms with van der Waals surface area (Å²) in [6.07, 6.45) is -0.681. The minimum absolute atomic E-state index is 0.191. The molecule has 1 aromatic heterocycles. The summed E-state index contributed by atoms with van der Waals surface area (Å²) in [7, 11) is 0. The number of ether oxygens (including phenoxy) is 1. The van der Waals surface area contributed by atoms with Crippen LogP contribution in [0.15, 0.2) is 24.3 Å². The number of carbonyl (C=O) groups is 2. The third-order valence-corrected chi connectivity index (χ3v) is 5.27. The molecule has 1 aromatic carbocycles. The molecule has 0 aliphatic rings. The minimum atomic E-state index is -1.01. The van der Waals surface area contributed by atoms with Gasteiger partial charge in [0, 0.05) is 0 Å². The van der Waals surface area contributed by atoms with Gasteiger partial charge in [-0.05, 0) is 44.4 Å². The highest BCUT2D eigenvalue weighted by atomic mass is 32.1. The van der Waals surface area contributed by atoms with E-state index in [4.69, 9.17) is 9.84 Å². The fourth-order valence-corrected chi connectivity index (χ4v) is 3.31. The van der Waals surface area contributed by atoms with Crippen molar-refractivity contribution in [3.05, 3.63) is 45.4 Å². The molecule has 2 atom stereocenters. The van der Waals surface area contributed by atoms with Gasteiger partial charge >= 0.3 is 5.97 Å². The minimum Gasteiger partial charge on any atom is -0.481 e. The van der Waals surface area contributed by atoms with Crippen molar-refractivity contribution in [1.82, 2.24) is 10.3 Å². The maximum Gasteiger partial charge on any atom is 0.347 e. The van der Waals surface area contributed by atoms with Crippen molar-refractivity contribution in [2.45, 2.75) is 52.7 Å². The Balaban J connectivity index is 2.01.